The van der Waals surface area contributed by atoms with Gasteiger partial charge in [0, 0.05) is 10.0 Å². The molecule has 0 unspecified atom stereocenters. The molecule has 1 aromatic carbocycles. The number of nitrogens with one attached hydrogen (secondary N) is 1. The number of hydrogen-bond acceptors (Lipinski definition) is 5. The van der Waals surface area contributed by atoms with Gasteiger partial charge in [0.25, 0.3) is 0 Å². The molecule has 17 heavy (non-hydrogen) atoms. The van der Waals surface area contributed by atoms with Crippen LogP contribution in [0.5, 0.6) is 11.5 Å². The van der Waals surface area contributed by atoms with Crippen LogP contribution in [0.4, 0.5) is 4.79 Å². The number of hydrazone groups is 1. The monoisotopic (exact) mass is 302 g/mol. The average molecular weight is 303 g/mol. The summed E-state index contributed by atoms with van der Waals surface area (Å²) < 4.78 is 10.0. The Balaban J connectivity index is 2.90. The third kappa shape index (κ3) is 3.63. The maximum Gasteiger partial charge on any atom is 0.427 e. The van der Waals surface area contributed by atoms with E-state index in [0.29, 0.717) is 15.8 Å². The van der Waals surface area contributed by atoms with Crippen molar-refractivity contribution in [3.05, 3.63) is 22.2 Å². The minimum atomic E-state index is -0.692. The smallest absolute Gasteiger partial charge is 0.427 e. The highest BCUT2D eigenvalue weighted by molar-refractivity contribution is 9.10. The van der Waals surface area contributed by atoms with E-state index in [9.17, 15) is 9.90 Å². The van der Waals surface area contributed by atoms with E-state index in [-0.39, 0.29) is 5.75 Å². The number of halogens is 1. The molecule has 6 nitrogen and oxygen atoms in total. The Morgan fingerprint density at radius 1 is 1.53 bits per heavy atom. The van der Waals surface area contributed by atoms with E-state index in [1.165, 1.54) is 20.4 Å². The Hall–Kier alpha value is -1.76. The molecule has 0 saturated heterocycles. The highest BCUT2D eigenvalue weighted by Crippen LogP contribution is 2.32. The Bertz CT molecular complexity index is 448. The zero-order valence-electron chi connectivity index (χ0n) is 9.23. The zero-order chi connectivity index (χ0) is 12.8. The van der Waals surface area contributed by atoms with Crippen LogP contribution in [0.1, 0.15) is 5.56 Å². The highest BCUT2D eigenvalue weighted by Gasteiger charge is 2.08. The fourth-order valence-corrected chi connectivity index (χ4v) is 1.50. The van der Waals surface area contributed by atoms with Crippen LogP contribution in [0.15, 0.2) is 21.7 Å². The van der Waals surface area contributed by atoms with E-state index in [2.05, 4.69) is 31.2 Å². The van der Waals surface area contributed by atoms with Gasteiger partial charge < -0.3 is 14.6 Å². The van der Waals surface area contributed by atoms with Gasteiger partial charge >= 0.3 is 6.09 Å². The second-order valence-electron chi connectivity index (χ2n) is 2.91. The molecule has 0 aliphatic rings. The highest BCUT2D eigenvalue weighted by atomic mass is 79.9. The molecule has 0 spiro atoms. The minimum absolute atomic E-state index is 0.0638. The lowest BCUT2D eigenvalue weighted by Gasteiger charge is -2.06. The topological polar surface area (TPSA) is 80.2 Å². The molecular weight excluding hydrogens is 292 g/mol. The first-order chi connectivity index (χ1) is 8.08. The Labute approximate surface area is 106 Å². The SMILES string of the molecule is COC(=O)N/N=C/c1cc(Br)cc(OC)c1O. The van der Waals surface area contributed by atoms with Gasteiger partial charge in [-0.05, 0) is 12.1 Å². The first-order valence-corrected chi connectivity index (χ1v) is 5.31. The quantitative estimate of drug-likeness (QED) is 0.659. The molecule has 0 saturated carbocycles. The van der Waals surface area contributed by atoms with E-state index >= 15 is 0 Å². The van der Waals surface area contributed by atoms with Gasteiger partial charge in [-0.2, -0.15) is 5.10 Å². The van der Waals surface area contributed by atoms with Crippen molar-refractivity contribution in [3.63, 3.8) is 0 Å². The van der Waals surface area contributed by atoms with E-state index in [1.807, 2.05) is 0 Å². The number of amides is 1. The molecule has 0 aromatic heterocycles. The summed E-state index contributed by atoms with van der Waals surface area (Å²) in [6.45, 7) is 0. The van der Waals surface area contributed by atoms with Gasteiger partial charge in [-0.15, -0.1) is 0 Å². The van der Waals surface area contributed by atoms with E-state index in [0.717, 1.165) is 0 Å². The predicted octanol–water partition coefficient (Wildman–Crippen LogP) is 1.85. The van der Waals surface area contributed by atoms with Gasteiger partial charge in [-0.25, -0.2) is 10.2 Å². The number of ether oxygens (including phenoxy) is 2. The van der Waals surface area contributed by atoms with Crippen molar-refractivity contribution in [2.75, 3.05) is 14.2 Å². The third-order valence-corrected chi connectivity index (χ3v) is 2.29. The van der Waals surface area contributed by atoms with E-state index < -0.39 is 6.09 Å². The van der Waals surface area contributed by atoms with E-state index in [1.54, 1.807) is 12.1 Å². The van der Waals surface area contributed by atoms with Crippen LogP contribution in [0, 0.1) is 0 Å². The second kappa shape index (κ2) is 6.09. The van der Waals surface area contributed by atoms with Gasteiger partial charge in [-0.1, -0.05) is 15.9 Å². The van der Waals surface area contributed by atoms with Crippen LogP contribution < -0.4 is 10.2 Å². The summed E-state index contributed by atoms with van der Waals surface area (Å²) in [6, 6.07) is 3.24. The fraction of sp³-hybridized carbons (Fsp3) is 0.200. The number of phenolic OH excluding ortho intramolecular Hbond substituents is 1. The molecule has 0 bridgehead atoms. The Morgan fingerprint density at radius 3 is 2.82 bits per heavy atom. The van der Waals surface area contributed by atoms with Gasteiger partial charge in [0.05, 0.1) is 20.4 Å². The first kappa shape index (κ1) is 13.3. The van der Waals surface area contributed by atoms with Gasteiger partial charge in [0.2, 0.25) is 0 Å². The number of nitrogens with zero attached hydrogens (tertiary/aromatic N) is 1. The van der Waals surface area contributed by atoms with Crippen molar-refractivity contribution in [3.8, 4) is 11.5 Å². The summed E-state index contributed by atoms with van der Waals surface area (Å²) in [5.41, 5.74) is 2.50. The molecule has 1 rings (SSSR count). The number of methoxy groups -OCH3 is 2. The zero-order valence-corrected chi connectivity index (χ0v) is 10.8. The number of benzene rings is 1. The summed E-state index contributed by atoms with van der Waals surface area (Å²) in [5.74, 6) is 0.241. The minimum Gasteiger partial charge on any atom is -0.504 e. The molecule has 0 heterocycles. The number of carbonyl (C=O) groups is 1. The standard InChI is InChI=1S/C10H11BrN2O4/c1-16-8-4-7(11)3-6(9(8)14)5-12-13-10(15)17-2/h3-5,14H,1-2H3,(H,13,15)/b12-5+. The van der Waals surface area contributed by atoms with Gasteiger partial charge in [0.1, 0.15) is 0 Å². The number of carbonyl (C=O) groups excluding carboxylic acids is 1. The fourth-order valence-electron chi connectivity index (χ4n) is 1.05. The normalized spacial score (nSPS) is 10.3. The van der Waals surface area contributed by atoms with Crippen LogP contribution in [0.3, 0.4) is 0 Å². The van der Waals surface area contributed by atoms with Crippen LogP contribution >= 0.6 is 15.9 Å². The molecule has 1 amide bonds. The predicted molar refractivity (Wildman–Crippen MR) is 65.5 cm³/mol. The van der Waals surface area contributed by atoms with Crippen molar-refractivity contribution in [1.82, 2.24) is 5.43 Å². The van der Waals surface area contributed by atoms with Crippen molar-refractivity contribution < 1.29 is 19.4 Å². The summed E-state index contributed by atoms with van der Waals surface area (Å²) in [6.07, 6.45) is 0.585. The first-order valence-electron chi connectivity index (χ1n) is 4.52. The number of rotatable bonds is 3. The van der Waals surface area contributed by atoms with Crippen LogP contribution in [0.25, 0.3) is 0 Å². The molecule has 0 atom stereocenters. The molecule has 7 heteroatoms. The van der Waals surface area contributed by atoms with Gasteiger partial charge in [0.15, 0.2) is 11.5 Å². The summed E-state index contributed by atoms with van der Waals surface area (Å²) in [4.78, 5) is 10.7. The maximum absolute atomic E-state index is 10.7. The molecule has 0 fully saturated rings. The van der Waals surface area contributed by atoms with Crippen molar-refractivity contribution in [2.45, 2.75) is 0 Å². The molecular formula is C10H11BrN2O4. The largest absolute Gasteiger partial charge is 0.504 e. The second-order valence-corrected chi connectivity index (χ2v) is 3.82. The summed E-state index contributed by atoms with van der Waals surface area (Å²) in [7, 11) is 2.67. The van der Waals surface area contributed by atoms with Gasteiger partial charge in [-0.3, -0.25) is 0 Å². The average Bonchev–Trinajstić information content (AvgIpc) is 2.32. The van der Waals surface area contributed by atoms with Crippen molar-refractivity contribution in [2.24, 2.45) is 5.10 Å². The third-order valence-electron chi connectivity index (χ3n) is 1.83. The number of aromatic hydroxyl groups is 1. The molecule has 2 N–H and O–H groups in total. The van der Waals surface area contributed by atoms with Crippen LogP contribution in [0.2, 0.25) is 0 Å². The molecule has 0 aliphatic carbocycles. The van der Waals surface area contributed by atoms with Crippen molar-refractivity contribution in [1.29, 1.82) is 0 Å². The lowest BCUT2D eigenvalue weighted by atomic mass is 10.2. The molecule has 0 aliphatic heterocycles. The number of phenols is 1. The molecule has 1 aromatic rings. The van der Waals surface area contributed by atoms with Crippen molar-refractivity contribution >= 4 is 28.2 Å². The molecule has 0 radical (unpaired) electrons. The Kier molecular flexibility index (Phi) is 4.77. The lowest BCUT2D eigenvalue weighted by Crippen LogP contribution is -2.16. The van der Waals surface area contributed by atoms with Crippen LogP contribution in [-0.4, -0.2) is 31.6 Å². The summed E-state index contributed by atoms with van der Waals surface area (Å²) >= 11 is 3.26. The lowest BCUT2D eigenvalue weighted by molar-refractivity contribution is 0.171. The maximum atomic E-state index is 10.7. The molecule has 92 valence electrons. The van der Waals surface area contributed by atoms with Crippen LogP contribution in [-0.2, 0) is 4.74 Å². The summed E-state index contributed by atoms with van der Waals surface area (Å²) in [5, 5.41) is 13.4. The Morgan fingerprint density at radius 2 is 2.24 bits per heavy atom. The number of hydrogen-bond donors (Lipinski definition) is 2. The van der Waals surface area contributed by atoms with E-state index in [4.69, 9.17) is 4.74 Å².